The zero-order valence-electron chi connectivity index (χ0n) is 13.4. The lowest BCUT2D eigenvalue weighted by Crippen LogP contribution is -2.24. The number of carbonyl (C=O) groups excluding carboxylic acids is 2. The van der Waals surface area contributed by atoms with E-state index in [0.29, 0.717) is 23.5 Å². The van der Waals surface area contributed by atoms with Gasteiger partial charge in [-0.05, 0) is 40.6 Å². The van der Waals surface area contributed by atoms with Gasteiger partial charge in [0.25, 0.3) is 5.91 Å². The second-order valence-corrected chi connectivity index (χ2v) is 6.93. The second-order valence-electron chi connectivity index (χ2n) is 5.91. The number of benzene rings is 3. The van der Waals surface area contributed by atoms with Crippen molar-refractivity contribution in [2.75, 3.05) is 11.1 Å². The molecular formula is C20H16N2O2S. The molecule has 3 aromatic rings. The van der Waals surface area contributed by atoms with Crippen molar-refractivity contribution in [3.05, 3.63) is 71.8 Å². The molecule has 0 fully saturated rings. The summed E-state index contributed by atoms with van der Waals surface area (Å²) in [6.45, 7) is 0.460. The summed E-state index contributed by atoms with van der Waals surface area (Å²) in [7, 11) is 0. The van der Waals surface area contributed by atoms with E-state index >= 15 is 0 Å². The third-order valence-electron chi connectivity index (χ3n) is 4.14. The van der Waals surface area contributed by atoms with E-state index in [1.165, 1.54) is 17.1 Å². The van der Waals surface area contributed by atoms with E-state index in [1.807, 2.05) is 24.3 Å². The zero-order valence-corrected chi connectivity index (χ0v) is 14.2. The Morgan fingerprint density at radius 3 is 2.76 bits per heavy atom. The van der Waals surface area contributed by atoms with Crippen LogP contribution in [0.1, 0.15) is 15.9 Å². The normalized spacial score (nSPS) is 13.2. The van der Waals surface area contributed by atoms with Gasteiger partial charge in [-0.1, -0.05) is 36.4 Å². The SMILES string of the molecule is O=C1CSc2ccc(C(=O)NCc3ccc4ccccc4c3)cc2N1. The van der Waals surface area contributed by atoms with Crippen molar-refractivity contribution in [2.24, 2.45) is 0 Å². The van der Waals surface area contributed by atoms with Crippen LogP contribution in [0.15, 0.2) is 65.6 Å². The number of fused-ring (bicyclic) bond motifs is 2. The summed E-state index contributed by atoms with van der Waals surface area (Å²) in [6, 6.07) is 19.7. The molecule has 2 N–H and O–H groups in total. The van der Waals surface area contributed by atoms with Gasteiger partial charge in [-0.3, -0.25) is 9.59 Å². The van der Waals surface area contributed by atoms with Crippen LogP contribution in [0.4, 0.5) is 5.69 Å². The van der Waals surface area contributed by atoms with E-state index in [-0.39, 0.29) is 11.8 Å². The van der Waals surface area contributed by atoms with Crippen LogP contribution in [0.25, 0.3) is 10.8 Å². The monoisotopic (exact) mass is 348 g/mol. The molecule has 1 aliphatic rings. The maximum atomic E-state index is 12.4. The van der Waals surface area contributed by atoms with Gasteiger partial charge in [-0.2, -0.15) is 0 Å². The highest BCUT2D eigenvalue weighted by atomic mass is 32.2. The van der Waals surface area contributed by atoms with Gasteiger partial charge >= 0.3 is 0 Å². The highest BCUT2D eigenvalue weighted by Gasteiger charge is 2.17. The first kappa shape index (κ1) is 15.7. The fraction of sp³-hybridized carbons (Fsp3) is 0.100. The lowest BCUT2D eigenvalue weighted by atomic mass is 10.1. The maximum Gasteiger partial charge on any atom is 0.251 e. The minimum atomic E-state index is -0.152. The van der Waals surface area contributed by atoms with Crippen LogP contribution < -0.4 is 10.6 Å². The molecule has 0 aliphatic carbocycles. The van der Waals surface area contributed by atoms with Crippen molar-refractivity contribution in [3.8, 4) is 0 Å². The highest BCUT2D eigenvalue weighted by molar-refractivity contribution is 8.00. The van der Waals surface area contributed by atoms with Crippen LogP contribution in [0.3, 0.4) is 0 Å². The molecule has 0 saturated heterocycles. The number of thioether (sulfide) groups is 1. The third-order valence-corrected chi connectivity index (χ3v) is 5.22. The number of carbonyl (C=O) groups is 2. The van der Waals surface area contributed by atoms with Gasteiger partial charge in [0.05, 0.1) is 11.4 Å². The molecule has 0 aromatic heterocycles. The number of anilines is 1. The Bertz CT molecular complexity index is 984. The van der Waals surface area contributed by atoms with E-state index in [2.05, 4.69) is 34.9 Å². The van der Waals surface area contributed by atoms with Crippen molar-refractivity contribution < 1.29 is 9.59 Å². The highest BCUT2D eigenvalue weighted by Crippen LogP contribution is 2.31. The molecule has 1 heterocycles. The average molecular weight is 348 g/mol. The van der Waals surface area contributed by atoms with Crippen LogP contribution in [-0.2, 0) is 11.3 Å². The predicted molar refractivity (Wildman–Crippen MR) is 101 cm³/mol. The topological polar surface area (TPSA) is 58.2 Å². The Balaban J connectivity index is 1.48. The van der Waals surface area contributed by atoms with Gasteiger partial charge in [-0.25, -0.2) is 0 Å². The molecule has 0 spiro atoms. The first-order valence-electron chi connectivity index (χ1n) is 8.02. The first-order chi connectivity index (χ1) is 12.2. The van der Waals surface area contributed by atoms with Crippen molar-refractivity contribution in [2.45, 2.75) is 11.4 Å². The Morgan fingerprint density at radius 2 is 1.88 bits per heavy atom. The van der Waals surface area contributed by atoms with Gasteiger partial charge in [0.2, 0.25) is 5.91 Å². The van der Waals surface area contributed by atoms with Crippen molar-refractivity contribution in [1.29, 1.82) is 0 Å². The molecule has 5 heteroatoms. The average Bonchev–Trinajstić information content (AvgIpc) is 2.65. The summed E-state index contributed by atoms with van der Waals surface area (Å²) in [6.07, 6.45) is 0. The molecule has 4 nitrogen and oxygen atoms in total. The van der Waals surface area contributed by atoms with Gasteiger partial charge in [0.15, 0.2) is 0 Å². The molecule has 124 valence electrons. The molecule has 0 radical (unpaired) electrons. The molecule has 0 atom stereocenters. The van der Waals surface area contributed by atoms with Crippen LogP contribution in [0.2, 0.25) is 0 Å². The Hall–Kier alpha value is -2.79. The van der Waals surface area contributed by atoms with E-state index in [1.54, 1.807) is 12.1 Å². The minimum Gasteiger partial charge on any atom is -0.348 e. The molecule has 3 aromatic carbocycles. The Morgan fingerprint density at radius 1 is 1.04 bits per heavy atom. The summed E-state index contributed by atoms with van der Waals surface area (Å²) >= 11 is 1.48. The van der Waals surface area contributed by atoms with E-state index in [0.717, 1.165) is 15.8 Å². The molecule has 0 bridgehead atoms. The molecule has 0 saturated carbocycles. The molecule has 0 unspecified atom stereocenters. The van der Waals surface area contributed by atoms with Gasteiger partial charge in [0.1, 0.15) is 0 Å². The van der Waals surface area contributed by atoms with Crippen LogP contribution >= 0.6 is 11.8 Å². The van der Waals surface area contributed by atoms with Crippen molar-refractivity contribution in [1.82, 2.24) is 5.32 Å². The summed E-state index contributed by atoms with van der Waals surface area (Å²) in [5.74, 6) is 0.229. The van der Waals surface area contributed by atoms with Crippen LogP contribution in [-0.4, -0.2) is 17.6 Å². The maximum absolute atomic E-state index is 12.4. The second kappa shape index (κ2) is 6.61. The summed E-state index contributed by atoms with van der Waals surface area (Å²) < 4.78 is 0. The van der Waals surface area contributed by atoms with Crippen LogP contribution in [0, 0.1) is 0 Å². The van der Waals surface area contributed by atoms with Gasteiger partial charge in [-0.15, -0.1) is 11.8 Å². The number of amides is 2. The Labute approximate surface area is 149 Å². The predicted octanol–water partition coefficient (Wildman–Crippen LogP) is 3.81. The standard InChI is InChI=1S/C20H16N2O2S/c23-19-12-25-18-8-7-16(10-17(18)22-19)20(24)21-11-13-5-6-14-3-1-2-4-15(14)9-13/h1-10H,11-12H2,(H,21,24)(H,22,23). The fourth-order valence-electron chi connectivity index (χ4n) is 2.86. The quantitative estimate of drug-likeness (QED) is 0.757. The molecular weight excluding hydrogens is 332 g/mol. The molecule has 2 amide bonds. The van der Waals surface area contributed by atoms with Gasteiger partial charge in [0, 0.05) is 17.0 Å². The molecule has 1 aliphatic heterocycles. The van der Waals surface area contributed by atoms with E-state index in [9.17, 15) is 9.59 Å². The minimum absolute atomic E-state index is 0.0359. The lowest BCUT2D eigenvalue weighted by Gasteiger charge is -2.17. The fourth-order valence-corrected chi connectivity index (χ4v) is 3.65. The molecule has 4 rings (SSSR count). The summed E-state index contributed by atoms with van der Waals surface area (Å²) in [5.41, 5.74) is 2.30. The number of hydrogen-bond donors (Lipinski definition) is 2. The van der Waals surface area contributed by atoms with Crippen molar-refractivity contribution >= 4 is 40.0 Å². The number of hydrogen-bond acceptors (Lipinski definition) is 3. The largest absolute Gasteiger partial charge is 0.348 e. The summed E-state index contributed by atoms with van der Waals surface area (Å²) in [4.78, 5) is 24.9. The Kier molecular flexibility index (Phi) is 4.15. The number of rotatable bonds is 3. The number of nitrogens with one attached hydrogen (secondary N) is 2. The zero-order chi connectivity index (χ0) is 17.2. The first-order valence-corrected chi connectivity index (χ1v) is 9.00. The van der Waals surface area contributed by atoms with E-state index < -0.39 is 0 Å². The smallest absolute Gasteiger partial charge is 0.251 e. The lowest BCUT2D eigenvalue weighted by molar-refractivity contribution is -0.113. The third kappa shape index (κ3) is 3.37. The summed E-state index contributed by atoms with van der Waals surface area (Å²) in [5, 5.41) is 8.09. The molecule has 25 heavy (non-hydrogen) atoms. The van der Waals surface area contributed by atoms with Crippen molar-refractivity contribution in [3.63, 3.8) is 0 Å². The van der Waals surface area contributed by atoms with Gasteiger partial charge < -0.3 is 10.6 Å². The van der Waals surface area contributed by atoms with Crippen LogP contribution in [0.5, 0.6) is 0 Å². The van der Waals surface area contributed by atoms with E-state index in [4.69, 9.17) is 0 Å².